The topological polar surface area (TPSA) is 101 Å². The first-order valence-corrected chi connectivity index (χ1v) is 12.7. The van der Waals surface area contributed by atoms with Gasteiger partial charge in [0, 0.05) is 13.1 Å². The highest BCUT2D eigenvalue weighted by atomic mass is 32.2. The first-order chi connectivity index (χ1) is 14.3. The summed E-state index contributed by atoms with van der Waals surface area (Å²) >= 11 is 0. The standard InChI is InChI=1S/C21H25FN2O5S2/c1-21(2,3)15-4-8-18(9-5-15)31(28,29)23-12-20(25)24-13-19(14-24)30(26,27)17-10-6-16(22)7-11-17/h4-11,19,23H,12-14H2,1-3H3. The summed E-state index contributed by atoms with van der Waals surface area (Å²) in [4.78, 5) is 13.6. The molecule has 1 heterocycles. The predicted octanol–water partition coefficient (Wildman–Crippen LogP) is 2.09. The molecule has 1 amide bonds. The molecule has 2 aromatic carbocycles. The Hall–Kier alpha value is -2.30. The van der Waals surface area contributed by atoms with Crippen LogP contribution in [0.2, 0.25) is 0 Å². The molecule has 2 aromatic rings. The van der Waals surface area contributed by atoms with Gasteiger partial charge in [-0.05, 0) is 47.4 Å². The minimum Gasteiger partial charge on any atom is -0.339 e. The molecule has 1 aliphatic rings. The molecule has 0 saturated carbocycles. The number of hydrogen-bond donors (Lipinski definition) is 1. The van der Waals surface area contributed by atoms with Crippen molar-refractivity contribution in [3.05, 3.63) is 59.9 Å². The molecular weight excluding hydrogens is 443 g/mol. The molecule has 168 valence electrons. The molecule has 0 unspecified atom stereocenters. The summed E-state index contributed by atoms with van der Waals surface area (Å²) in [7, 11) is -7.56. The highest BCUT2D eigenvalue weighted by molar-refractivity contribution is 7.92. The molecule has 0 atom stereocenters. The molecule has 7 nitrogen and oxygen atoms in total. The van der Waals surface area contributed by atoms with Crippen molar-refractivity contribution in [3.63, 3.8) is 0 Å². The van der Waals surface area contributed by atoms with Gasteiger partial charge in [0.2, 0.25) is 15.9 Å². The summed E-state index contributed by atoms with van der Waals surface area (Å²) in [6.07, 6.45) is 0. The third-order valence-electron chi connectivity index (χ3n) is 5.23. The fourth-order valence-electron chi connectivity index (χ4n) is 3.14. The van der Waals surface area contributed by atoms with Crippen molar-refractivity contribution in [1.29, 1.82) is 0 Å². The molecular formula is C21H25FN2O5S2. The lowest BCUT2D eigenvalue weighted by atomic mass is 9.87. The number of likely N-dealkylation sites (tertiary alicyclic amines) is 1. The van der Waals surface area contributed by atoms with E-state index >= 15 is 0 Å². The fraction of sp³-hybridized carbons (Fsp3) is 0.381. The molecule has 3 rings (SSSR count). The number of hydrogen-bond acceptors (Lipinski definition) is 5. The number of amides is 1. The quantitative estimate of drug-likeness (QED) is 0.655. The van der Waals surface area contributed by atoms with E-state index < -0.39 is 43.4 Å². The zero-order chi connectivity index (χ0) is 23.0. The van der Waals surface area contributed by atoms with Crippen molar-refractivity contribution in [2.75, 3.05) is 19.6 Å². The Bertz CT molecular complexity index is 1160. The summed E-state index contributed by atoms with van der Waals surface area (Å²) in [6, 6.07) is 11.0. The van der Waals surface area contributed by atoms with Crippen molar-refractivity contribution in [2.45, 2.75) is 41.2 Å². The number of nitrogens with zero attached hydrogens (tertiary/aromatic N) is 1. The van der Waals surface area contributed by atoms with Gasteiger partial charge in [-0.25, -0.2) is 25.9 Å². The van der Waals surface area contributed by atoms with Crippen molar-refractivity contribution >= 4 is 25.8 Å². The van der Waals surface area contributed by atoms with Crippen molar-refractivity contribution < 1.29 is 26.0 Å². The number of halogens is 1. The zero-order valence-electron chi connectivity index (χ0n) is 17.5. The van der Waals surface area contributed by atoms with E-state index in [1.54, 1.807) is 12.1 Å². The number of sulfonamides is 1. The molecule has 0 aliphatic carbocycles. The van der Waals surface area contributed by atoms with Crippen LogP contribution in [0.3, 0.4) is 0 Å². The fourth-order valence-corrected chi connectivity index (χ4v) is 5.77. The minimum atomic E-state index is -3.88. The van der Waals surface area contributed by atoms with E-state index in [-0.39, 0.29) is 28.3 Å². The lowest BCUT2D eigenvalue weighted by molar-refractivity contribution is -0.133. The maximum atomic E-state index is 13.0. The Balaban J connectivity index is 1.56. The summed E-state index contributed by atoms with van der Waals surface area (Å²) in [5, 5.41) is -0.802. The Morgan fingerprint density at radius 2 is 1.48 bits per heavy atom. The summed E-state index contributed by atoms with van der Waals surface area (Å²) in [6.45, 7) is 5.51. The van der Waals surface area contributed by atoms with E-state index in [0.717, 1.165) is 17.7 Å². The minimum absolute atomic E-state index is 0.00888. The van der Waals surface area contributed by atoms with Crippen LogP contribution < -0.4 is 4.72 Å². The number of carbonyl (C=O) groups is 1. The highest BCUT2D eigenvalue weighted by Gasteiger charge is 2.40. The molecule has 1 aliphatic heterocycles. The molecule has 1 N–H and O–H groups in total. The number of sulfone groups is 1. The van der Waals surface area contributed by atoms with Gasteiger partial charge in [-0.1, -0.05) is 32.9 Å². The van der Waals surface area contributed by atoms with E-state index in [4.69, 9.17) is 0 Å². The van der Waals surface area contributed by atoms with Gasteiger partial charge in [-0.2, -0.15) is 0 Å². The second kappa shape index (κ2) is 8.33. The number of benzene rings is 2. The molecule has 0 spiro atoms. The van der Waals surface area contributed by atoms with Crippen molar-refractivity contribution in [3.8, 4) is 0 Å². The van der Waals surface area contributed by atoms with Gasteiger partial charge in [0.05, 0.1) is 16.3 Å². The largest absolute Gasteiger partial charge is 0.339 e. The van der Waals surface area contributed by atoms with Crippen LogP contribution in [0.5, 0.6) is 0 Å². The van der Waals surface area contributed by atoms with Crippen LogP contribution in [0, 0.1) is 5.82 Å². The van der Waals surface area contributed by atoms with Crippen LogP contribution in [0.15, 0.2) is 58.3 Å². The van der Waals surface area contributed by atoms with Gasteiger partial charge in [-0.15, -0.1) is 0 Å². The zero-order valence-corrected chi connectivity index (χ0v) is 19.1. The second-order valence-electron chi connectivity index (χ2n) is 8.52. The Morgan fingerprint density at radius 3 is 2.00 bits per heavy atom. The average Bonchev–Trinajstić information content (AvgIpc) is 2.65. The van der Waals surface area contributed by atoms with Gasteiger partial charge in [0.15, 0.2) is 9.84 Å². The average molecular weight is 469 g/mol. The number of nitrogens with one attached hydrogen (secondary N) is 1. The lowest BCUT2D eigenvalue weighted by Gasteiger charge is -2.38. The molecule has 0 bridgehead atoms. The molecule has 31 heavy (non-hydrogen) atoms. The monoisotopic (exact) mass is 468 g/mol. The normalized spacial score (nSPS) is 15.5. The number of carbonyl (C=O) groups excluding carboxylic acids is 1. The van der Waals surface area contributed by atoms with E-state index in [0.29, 0.717) is 0 Å². The third kappa shape index (κ3) is 5.13. The Labute approximate surface area is 182 Å². The van der Waals surface area contributed by atoms with E-state index in [9.17, 15) is 26.0 Å². The van der Waals surface area contributed by atoms with Gasteiger partial charge in [-0.3, -0.25) is 4.79 Å². The van der Waals surface area contributed by atoms with Gasteiger partial charge >= 0.3 is 0 Å². The van der Waals surface area contributed by atoms with Crippen LogP contribution >= 0.6 is 0 Å². The first kappa shape index (κ1) is 23.4. The molecule has 10 heteroatoms. The highest BCUT2D eigenvalue weighted by Crippen LogP contribution is 2.25. The van der Waals surface area contributed by atoms with Crippen molar-refractivity contribution in [1.82, 2.24) is 9.62 Å². The van der Waals surface area contributed by atoms with E-state index in [1.807, 2.05) is 20.8 Å². The molecule has 0 radical (unpaired) electrons. The maximum Gasteiger partial charge on any atom is 0.241 e. The summed E-state index contributed by atoms with van der Waals surface area (Å²) in [5.41, 5.74) is 0.866. The molecule has 1 fully saturated rings. The smallest absolute Gasteiger partial charge is 0.241 e. The van der Waals surface area contributed by atoms with Crippen LogP contribution in [-0.2, 0) is 30.1 Å². The van der Waals surface area contributed by atoms with Gasteiger partial charge in [0.25, 0.3) is 0 Å². The van der Waals surface area contributed by atoms with Gasteiger partial charge < -0.3 is 4.90 Å². The maximum absolute atomic E-state index is 13.0. The summed E-state index contributed by atoms with van der Waals surface area (Å²) < 4.78 is 65.2. The lowest BCUT2D eigenvalue weighted by Crippen LogP contribution is -2.58. The van der Waals surface area contributed by atoms with Gasteiger partial charge in [0.1, 0.15) is 11.1 Å². The molecule has 1 saturated heterocycles. The Morgan fingerprint density at radius 1 is 0.968 bits per heavy atom. The van der Waals surface area contributed by atoms with E-state index in [2.05, 4.69) is 4.72 Å². The van der Waals surface area contributed by atoms with E-state index in [1.165, 1.54) is 29.2 Å². The predicted molar refractivity (Wildman–Crippen MR) is 114 cm³/mol. The van der Waals surface area contributed by atoms with Crippen molar-refractivity contribution in [2.24, 2.45) is 0 Å². The third-order valence-corrected chi connectivity index (χ3v) is 8.75. The second-order valence-corrected chi connectivity index (χ2v) is 12.5. The van der Waals surface area contributed by atoms with Crippen LogP contribution in [0.1, 0.15) is 26.3 Å². The van der Waals surface area contributed by atoms with Crippen LogP contribution in [-0.4, -0.2) is 52.5 Å². The first-order valence-electron chi connectivity index (χ1n) is 9.68. The number of rotatable bonds is 6. The Kier molecular flexibility index (Phi) is 6.28. The molecule has 0 aromatic heterocycles. The van der Waals surface area contributed by atoms with Crippen LogP contribution in [0.4, 0.5) is 4.39 Å². The summed E-state index contributed by atoms with van der Waals surface area (Å²) in [5.74, 6) is -1.05. The van der Waals surface area contributed by atoms with Crippen LogP contribution in [0.25, 0.3) is 0 Å². The SMILES string of the molecule is CC(C)(C)c1ccc(S(=O)(=O)NCC(=O)N2CC(S(=O)(=O)c3ccc(F)cc3)C2)cc1.